The van der Waals surface area contributed by atoms with Gasteiger partial charge in [0.1, 0.15) is 5.69 Å². The van der Waals surface area contributed by atoms with Crippen molar-refractivity contribution in [1.29, 1.82) is 0 Å². The van der Waals surface area contributed by atoms with E-state index in [1.807, 2.05) is 0 Å². The summed E-state index contributed by atoms with van der Waals surface area (Å²) in [6, 6.07) is 0. The molecule has 0 unspecified atom stereocenters. The van der Waals surface area contributed by atoms with Crippen LogP contribution in [0, 0.1) is 0 Å². The van der Waals surface area contributed by atoms with E-state index in [1.165, 1.54) is 0 Å². The first-order valence-corrected chi connectivity index (χ1v) is 4.60. The number of nitrogens with zero attached hydrogens (tertiary/aromatic N) is 1. The van der Waals surface area contributed by atoms with E-state index in [9.17, 15) is 27.1 Å². The molecule has 0 saturated carbocycles. The third kappa shape index (κ3) is 3.32. The van der Waals surface area contributed by atoms with Crippen molar-refractivity contribution in [3.8, 4) is 11.5 Å². The van der Waals surface area contributed by atoms with Crippen LogP contribution in [0.15, 0.2) is 6.20 Å². The average Bonchev–Trinajstić information content (AvgIpc) is 2.18. The number of hydrogen-bond donors (Lipinski definition) is 1. The van der Waals surface area contributed by atoms with Gasteiger partial charge >= 0.3 is 6.36 Å². The fourth-order valence-corrected chi connectivity index (χ4v) is 1.21. The van der Waals surface area contributed by atoms with Crippen molar-refractivity contribution in [2.75, 3.05) is 0 Å². The maximum absolute atomic E-state index is 12.4. The molecule has 96 valence electrons. The molecule has 1 N–H and O–H groups in total. The fraction of sp³-hybridized carbons (Fsp3) is 0.375. The minimum Gasteiger partial charge on any atom is -0.503 e. The summed E-state index contributed by atoms with van der Waals surface area (Å²) in [6.45, 7) is 0. The van der Waals surface area contributed by atoms with Crippen molar-refractivity contribution in [1.82, 2.24) is 4.98 Å². The summed E-state index contributed by atoms with van der Waals surface area (Å²) in [6.07, 6.45) is -8.00. The van der Waals surface area contributed by atoms with Crippen LogP contribution in [0.25, 0.3) is 0 Å². The molecular weight excluding hydrogens is 273 g/mol. The highest BCUT2D eigenvalue weighted by Crippen LogP contribution is 2.40. The molecule has 1 heterocycles. The number of hydrogen-bond acceptors (Lipinski definition) is 3. The van der Waals surface area contributed by atoms with E-state index in [4.69, 9.17) is 11.6 Å². The molecule has 17 heavy (non-hydrogen) atoms. The Kier molecular flexibility index (Phi) is 3.97. The Balaban J connectivity index is 3.30. The van der Waals surface area contributed by atoms with Crippen LogP contribution in [0.5, 0.6) is 11.5 Å². The van der Waals surface area contributed by atoms with Crippen LogP contribution < -0.4 is 4.74 Å². The zero-order chi connectivity index (χ0) is 13.2. The Morgan fingerprint density at radius 1 is 1.41 bits per heavy atom. The zero-order valence-electron chi connectivity index (χ0n) is 7.93. The van der Waals surface area contributed by atoms with Gasteiger partial charge in [-0.15, -0.1) is 24.8 Å². The van der Waals surface area contributed by atoms with Crippen LogP contribution in [0.1, 0.15) is 17.7 Å². The van der Waals surface area contributed by atoms with Gasteiger partial charge in [0.2, 0.25) is 0 Å². The lowest BCUT2D eigenvalue weighted by Gasteiger charge is -2.15. The molecule has 1 aromatic rings. The van der Waals surface area contributed by atoms with E-state index in [1.54, 1.807) is 0 Å². The van der Waals surface area contributed by atoms with Gasteiger partial charge in [-0.25, -0.2) is 8.78 Å². The molecular formula is C8H5ClF5NO2. The van der Waals surface area contributed by atoms with Crippen LogP contribution >= 0.6 is 11.6 Å². The molecule has 0 aliphatic rings. The van der Waals surface area contributed by atoms with E-state index in [0.29, 0.717) is 6.20 Å². The number of aromatic hydroxyl groups is 1. The topological polar surface area (TPSA) is 42.4 Å². The van der Waals surface area contributed by atoms with Gasteiger partial charge in [0.25, 0.3) is 6.43 Å². The summed E-state index contributed by atoms with van der Waals surface area (Å²) in [5.41, 5.74) is -1.54. The summed E-state index contributed by atoms with van der Waals surface area (Å²) in [5, 5.41) is 9.28. The molecule has 3 nitrogen and oxygen atoms in total. The molecule has 0 amide bonds. The van der Waals surface area contributed by atoms with Gasteiger partial charge < -0.3 is 9.84 Å². The number of alkyl halides is 6. The van der Waals surface area contributed by atoms with Crippen LogP contribution in [0.2, 0.25) is 0 Å². The molecule has 0 aliphatic heterocycles. The van der Waals surface area contributed by atoms with Gasteiger partial charge in [-0.05, 0) is 0 Å². The Bertz CT molecular complexity index is 410. The maximum atomic E-state index is 12.4. The number of aromatic nitrogens is 1. The highest BCUT2D eigenvalue weighted by atomic mass is 35.5. The van der Waals surface area contributed by atoms with Gasteiger partial charge in [-0.3, -0.25) is 4.98 Å². The summed E-state index contributed by atoms with van der Waals surface area (Å²) in [4.78, 5) is 3.30. The van der Waals surface area contributed by atoms with Crippen molar-refractivity contribution in [2.45, 2.75) is 18.7 Å². The van der Waals surface area contributed by atoms with Crippen molar-refractivity contribution in [3.63, 3.8) is 0 Å². The van der Waals surface area contributed by atoms with E-state index in [0.717, 1.165) is 0 Å². The number of pyridine rings is 1. The minimum absolute atomic E-state index is 0.379. The molecule has 1 aromatic heterocycles. The highest BCUT2D eigenvalue weighted by molar-refractivity contribution is 6.17. The Hall–Kier alpha value is -1.31. The van der Waals surface area contributed by atoms with Gasteiger partial charge in [0, 0.05) is 6.20 Å². The molecule has 0 aromatic carbocycles. The first-order valence-electron chi connectivity index (χ1n) is 4.07. The Morgan fingerprint density at radius 2 is 2.00 bits per heavy atom. The Morgan fingerprint density at radius 3 is 2.41 bits per heavy atom. The maximum Gasteiger partial charge on any atom is 0.573 e. The summed E-state index contributed by atoms with van der Waals surface area (Å²) >= 11 is 5.26. The second-order valence-corrected chi connectivity index (χ2v) is 3.09. The molecule has 0 fully saturated rings. The molecule has 0 radical (unpaired) electrons. The van der Waals surface area contributed by atoms with Gasteiger partial charge in [-0.2, -0.15) is 0 Å². The van der Waals surface area contributed by atoms with Crippen LogP contribution in [-0.4, -0.2) is 16.5 Å². The summed E-state index contributed by atoms with van der Waals surface area (Å²) in [5.74, 6) is -2.96. The number of halogens is 6. The SMILES string of the molecule is Oc1c(CCl)ncc(C(F)F)c1OC(F)(F)F. The minimum atomic E-state index is -5.20. The number of ether oxygens (including phenoxy) is 1. The van der Waals surface area contributed by atoms with Gasteiger partial charge in [-0.1, -0.05) is 0 Å². The predicted molar refractivity (Wildman–Crippen MR) is 47.1 cm³/mol. The summed E-state index contributed by atoms with van der Waals surface area (Å²) in [7, 11) is 0. The lowest BCUT2D eigenvalue weighted by atomic mass is 10.2. The Labute approximate surface area is 96.8 Å². The van der Waals surface area contributed by atoms with Crippen molar-refractivity contribution < 1.29 is 31.8 Å². The normalized spacial score (nSPS) is 11.9. The van der Waals surface area contributed by atoms with E-state index >= 15 is 0 Å². The number of rotatable bonds is 3. The zero-order valence-corrected chi connectivity index (χ0v) is 8.69. The van der Waals surface area contributed by atoms with E-state index < -0.39 is 35.7 Å². The van der Waals surface area contributed by atoms with Gasteiger partial charge in [0.05, 0.1) is 11.4 Å². The smallest absolute Gasteiger partial charge is 0.503 e. The average molecular weight is 278 g/mol. The molecule has 0 saturated heterocycles. The molecule has 9 heteroatoms. The van der Waals surface area contributed by atoms with E-state index in [2.05, 4.69) is 9.72 Å². The largest absolute Gasteiger partial charge is 0.573 e. The standard InChI is InChI=1S/C8H5ClF5NO2/c9-1-4-5(16)6(17-8(12,13)14)3(2-15-4)7(10)11/h2,7,16H,1H2. The lowest BCUT2D eigenvalue weighted by Crippen LogP contribution is -2.18. The molecule has 0 aliphatic carbocycles. The second kappa shape index (κ2) is 4.91. The molecule has 0 spiro atoms. The third-order valence-corrected chi connectivity index (χ3v) is 1.94. The van der Waals surface area contributed by atoms with Crippen LogP contribution in [-0.2, 0) is 5.88 Å². The van der Waals surface area contributed by atoms with Crippen molar-refractivity contribution in [2.24, 2.45) is 0 Å². The van der Waals surface area contributed by atoms with Crippen molar-refractivity contribution in [3.05, 3.63) is 17.5 Å². The highest BCUT2D eigenvalue weighted by Gasteiger charge is 2.35. The van der Waals surface area contributed by atoms with Crippen LogP contribution in [0.4, 0.5) is 22.0 Å². The van der Waals surface area contributed by atoms with E-state index in [-0.39, 0.29) is 5.69 Å². The molecule has 1 rings (SSSR count). The first-order chi connectivity index (χ1) is 7.76. The lowest BCUT2D eigenvalue weighted by molar-refractivity contribution is -0.275. The fourth-order valence-electron chi connectivity index (χ4n) is 1.01. The molecule has 0 atom stereocenters. The monoisotopic (exact) mass is 277 g/mol. The second-order valence-electron chi connectivity index (χ2n) is 2.82. The van der Waals surface area contributed by atoms with Crippen molar-refractivity contribution >= 4 is 11.6 Å². The predicted octanol–water partition coefficient (Wildman–Crippen LogP) is 3.36. The van der Waals surface area contributed by atoms with Crippen LogP contribution in [0.3, 0.4) is 0 Å². The summed E-state index contributed by atoms with van der Waals surface area (Å²) < 4.78 is 64.0. The third-order valence-electron chi connectivity index (χ3n) is 1.69. The molecule has 0 bridgehead atoms. The quantitative estimate of drug-likeness (QED) is 0.680. The van der Waals surface area contributed by atoms with Gasteiger partial charge in [0.15, 0.2) is 11.5 Å². The first kappa shape index (κ1) is 13.8.